The van der Waals surface area contributed by atoms with E-state index in [4.69, 9.17) is 4.74 Å². The number of halogens is 2. The van der Waals surface area contributed by atoms with Crippen molar-refractivity contribution in [1.29, 1.82) is 0 Å². The number of carbonyl (C=O) groups excluding carboxylic acids is 1. The lowest BCUT2D eigenvalue weighted by molar-refractivity contribution is 0.0589. The highest BCUT2D eigenvalue weighted by Crippen LogP contribution is 2.49. The second-order valence-electron chi connectivity index (χ2n) is 7.32. The zero-order chi connectivity index (χ0) is 18.7. The van der Waals surface area contributed by atoms with Crippen molar-refractivity contribution in [2.75, 3.05) is 33.4 Å². The Morgan fingerprint density at radius 3 is 2.46 bits per heavy atom. The van der Waals surface area contributed by atoms with Crippen LogP contribution in [0.25, 0.3) is 0 Å². The molecule has 0 bridgehead atoms. The van der Waals surface area contributed by atoms with Crippen molar-refractivity contribution in [3.05, 3.63) is 29.3 Å². The molecule has 0 aromatic heterocycles. The van der Waals surface area contributed by atoms with Gasteiger partial charge in [0.1, 0.15) is 22.9 Å². The highest BCUT2D eigenvalue weighted by molar-refractivity contribution is 5.90. The average Bonchev–Trinajstić information content (AvgIpc) is 3.40. The molecular weight excluding hydrogens is 340 g/mol. The van der Waals surface area contributed by atoms with E-state index >= 15 is 0 Å². The van der Waals surface area contributed by atoms with Crippen LogP contribution < -0.4 is 4.74 Å². The Morgan fingerprint density at radius 2 is 1.88 bits per heavy atom. The number of rotatable bonds is 7. The van der Waals surface area contributed by atoms with Gasteiger partial charge in [-0.25, -0.2) is 13.6 Å². The highest BCUT2D eigenvalue weighted by atomic mass is 19.1. The predicted molar refractivity (Wildman–Crippen MR) is 94.2 cm³/mol. The largest absolute Gasteiger partial charge is 0.493 e. The van der Waals surface area contributed by atoms with Crippen molar-refractivity contribution >= 4 is 5.97 Å². The molecule has 1 aliphatic carbocycles. The third-order valence-corrected chi connectivity index (χ3v) is 5.82. The minimum absolute atomic E-state index is 0.112. The number of esters is 1. The molecule has 1 aliphatic heterocycles. The van der Waals surface area contributed by atoms with E-state index in [-0.39, 0.29) is 5.75 Å². The topological polar surface area (TPSA) is 38.8 Å². The monoisotopic (exact) mass is 367 g/mol. The number of hydrogen-bond acceptors (Lipinski definition) is 4. The van der Waals surface area contributed by atoms with E-state index in [1.807, 2.05) is 0 Å². The first-order valence-corrected chi connectivity index (χ1v) is 9.46. The molecule has 0 radical (unpaired) electrons. The number of carbonyl (C=O) groups is 1. The van der Waals surface area contributed by atoms with Gasteiger partial charge in [-0.3, -0.25) is 0 Å². The standard InChI is InChI=1S/C20H27F2NO3/c1-3-23-7-4-13(5-8-23)16-10-14(16)6-9-26-15-11-17(21)19(18(22)12-15)20(24)25-2/h11-14,16H,3-10H2,1-2H3/t14-,16-/m1/s1. The van der Waals surface area contributed by atoms with Crippen LogP contribution in [0.1, 0.15) is 43.0 Å². The summed E-state index contributed by atoms with van der Waals surface area (Å²) in [6.45, 7) is 6.18. The summed E-state index contributed by atoms with van der Waals surface area (Å²) in [5.74, 6) is -0.567. The Hall–Kier alpha value is -1.69. The van der Waals surface area contributed by atoms with Crippen molar-refractivity contribution in [3.63, 3.8) is 0 Å². The Kier molecular flexibility index (Phi) is 6.12. The smallest absolute Gasteiger partial charge is 0.343 e. The van der Waals surface area contributed by atoms with E-state index in [1.54, 1.807) is 0 Å². The van der Waals surface area contributed by atoms with Gasteiger partial charge in [0, 0.05) is 12.1 Å². The maximum atomic E-state index is 13.9. The first-order chi connectivity index (χ1) is 12.5. The Balaban J connectivity index is 1.44. The Bertz CT molecular complexity index is 621. The molecule has 6 heteroatoms. The fourth-order valence-electron chi connectivity index (χ4n) is 4.14. The first-order valence-electron chi connectivity index (χ1n) is 9.46. The quantitative estimate of drug-likeness (QED) is 0.686. The number of benzene rings is 1. The third-order valence-electron chi connectivity index (χ3n) is 5.82. The number of nitrogens with zero attached hydrogens (tertiary/aromatic N) is 1. The molecule has 0 N–H and O–H groups in total. The number of ether oxygens (including phenoxy) is 2. The summed E-state index contributed by atoms with van der Waals surface area (Å²) < 4.78 is 37.7. The zero-order valence-corrected chi connectivity index (χ0v) is 15.5. The lowest BCUT2D eigenvalue weighted by Gasteiger charge is -2.31. The van der Waals surface area contributed by atoms with Gasteiger partial charge in [0.25, 0.3) is 0 Å². The van der Waals surface area contributed by atoms with Crippen LogP contribution in [-0.4, -0.2) is 44.2 Å². The Morgan fingerprint density at radius 1 is 1.23 bits per heavy atom. The van der Waals surface area contributed by atoms with Gasteiger partial charge in [0.05, 0.1) is 13.7 Å². The van der Waals surface area contributed by atoms with Crippen molar-refractivity contribution in [1.82, 2.24) is 4.90 Å². The van der Waals surface area contributed by atoms with Crippen LogP contribution in [0, 0.1) is 29.4 Å². The number of likely N-dealkylation sites (tertiary alicyclic amines) is 1. The molecule has 4 nitrogen and oxygen atoms in total. The van der Waals surface area contributed by atoms with E-state index in [0.29, 0.717) is 12.5 Å². The molecule has 26 heavy (non-hydrogen) atoms. The lowest BCUT2D eigenvalue weighted by Crippen LogP contribution is -2.34. The molecule has 3 rings (SSSR count). The van der Waals surface area contributed by atoms with Gasteiger partial charge in [-0.05, 0) is 63.1 Å². The SMILES string of the molecule is CCN1CCC([C@H]2C[C@H]2CCOc2cc(F)c(C(=O)OC)c(F)c2)CC1. The van der Waals surface area contributed by atoms with Gasteiger partial charge in [-0.15, -0.1) is 0 Å². The van der Waals surface area contributed by atoms with Gasteiger partial charge in [0.15, 0.2) is 0 Å². The summed E-state index contributed by atoms with van der Waals surface area (Å²) in [4.78, 5) is 13.9. The van der Waals surface area contributed by atoms with Crippen LogP contribution in [0.2, 0.25) is 0 Å². The normalized spacial score (nSPS) is 23.7. The van der Waals surface area contributed by atoms with E-state index in [1.165, 1.54) is 32.4 Å². The molecule has 2 fully saturated rings. The molecule has 1 aromatic carbocycles. The molecular formula is C20H27F2NO3. The van der Waals surface area contributed by atoms with Gasteiger partial charge in [-0.2, -0.15) is 0 Å². The van der Waals surface area contributed by atoms with E-state index in [2.05, 4.69) is 16.6 Å². The van der Waals surface area contributed by atoms with Gasteiger partial charge < -0.3 is 14.4 Å². The van der Waals surface area contributed by atoms with Crippen molar-refractivity contribution in [3.8, 4) is 5.75 Å². The summed E-state index contributed by atoms with van der Waals surface area (Å²) in [6.07, 6.45) is 4.70. The molecule has 0 spiro atoms. The Labute approximate surface area is 153 Å². The fraction of sp³-hybridized carbons (Fsp3) is 0.650. The van der Waals surface area contributed by atoms with E-state index < -0.39 is 23.2 Å². The zero-order valence-electron chi connectivity index (χ0n) is 15.5. The molecule has 1 saturated carbocycles. The van der Waals surface area contributed by atoms with Gasteiger partial charge in [-0.1, -0.05) is 6.92 Å². The minimum atomic E-state index is -1.03. The molecule has 0 amide bonds. The predicted octanol–water partition coefficient (Wildman–Crippen LogP) is 3.89. The number of methoxy groups -OCH3 is 1. The summed E-state index contributed by atoms with van der Waals surface area (Å²) in [7, 11) is 1.09. The fourth-order valence-corrected chi connectivity index (χ4v) is 4.14. The maximum absolute atomic E-state index is 13.9. The minimum Gasteiger partial charge on any atom is -0.493 e. The van der Waals surface area contributed by atoms with E-state index in [0.717, 1.165) is 44.0 Å². The van der Waals surface area contributed by atoms with Crippen molar-refractivity contribution in [2.24, 2.45) is 17.8 Å². The van der Waals surface area contributed by atoms with Gasteiger partial charge in [0.2, 0.25) is 0 Å². The summed E-state index contributed by atoms with van der Waals surface area (Å²) in [5, 5.41) is 0. The van der Waals surface area contributed by atoms with Crippen LogP contribution in [0.15, 0.2) is 12.1 Å². The number of piperidine rings is 1. The third kappa shape index (κ3) is 4.34. The molecule has 2 atom stereocenters. The second kappa shape index (κ2) is 8.33. The molecule has 1 saturated heterocycles. The molecule has 0 unspecified atom stereocenters. The second-order valence-corrected chi connectivity index (χ2v) is 7.32. The van der Waals surface area contributed by atoms with Gasteiger partial charge >= 0.3 is 5.97 Å². The summed E-state index contributed by atoms with van der Waals surface area (Å²) in [5.41, 5.74) is -0.680. The molecule has 144 valence electrons. The highest BCUT2D eigenvalue weighted by Gasteiger charge is 2.42. The number of hydrogen-bond donors (Lipinski definition) is 0. The van der Waals surface area contributed by atoms with Crippen molar-refractivity contribution in [2.45, 2.75) is 32.6 Å². The lowest BCUT2D eigenvalue weighted by atomic mass is 9.90. The maximum Gasteiger partial charge on any atom is 0.343 e. The summed E-state index contributed by atoms with van der Waals surface area (Å²) >= 11 is 0. The van der Waals surface area contributed by atoms with Crippen LogP contribution in [-0.2, 0) is 4.74 Å². The van der Waals surface area contributed by atoms with Crippen LogP contribution in [0.3, 0.4) is 0 Å². The molecule has 1 aromatic rings. The summed E-state index contributed by atoms with van der Waals surface area (Å²) in [6, 6.07) is 2.08. The van der Waals surface area contributed by atoms with Crippen LogP contribution >= 0.6 is 0 Å². The molecule has 2 aliphatic rings. The van der Waals surface area contributed by atoms with E-state index in [9.17, 15) is 13.6 Å². The van der Waals surface area contributed by atoms with Crippen LogP contribution in [0.4, 0.5) is 8.78 Å². The average molecular weight is 367 g/mol. The van der Waals surface area contributed by atoms with Crippen molar-refractivity contribution < 1.29 is 23.0 Å². The first kappa shape index (κ1) is 19.1. The van der Waals surface area contributed by atoms with Crippen LogP contribution in [0.5, 0.6) is 5.75 Å². The molecule has 1 heterocycles.